The second-order valence-corrected chi connectivity index (χ2v) is 4.90. The molecule has 2 unspecified atom stereocenters. The van der Waals surface area contributed by atoms with Gasteiger partial charge < -0.3 is 20.6 Å². The van der Waals surface area contributed by atoms with Crippen LogP contribution in [-0.4, -0.2) is 54.2 Å². The van der Waals surface area contributed by atoms with Crippen LogP contribution in [0.15, 0.2) is 0 Å². The van der Waals surface area contributed by atoms with Crippen molar-refractivity contribution in [2.45, 2.75) is 32.7 Å². The smallest absolute Gasteiger partial charge is 0.315 e. The Morgan fingerprint density at radius 2 is 2.22 bits per heavy atom. The van der Waals surface area contributed by atoms with E-state index in [9.17, 15) is 9.59 Å². The van der Waals surface area contributed by atoms with Gasteiger partial charge in [-0.2, -0.15) is 0 Å². The number of hydrogen-bond donors (Lipinski definition) is 3. The van der Waals surface area contributed by atoms with Crippen molar-refractivity contribution in [3.63, 3.8) is 0 Å². The summed E-state index contributed by atoms with van der Waals surface area (Å²) in [4.78, 5) is 24.3. The third-order valence-corrected chi connectivity index (χ3v) is 3.23. The number of amides is 2. The molecule has 0 radical (unpaired) electrons. The number of carbonyl (C=O) groups excluding carboxylic acids is 1. The predicted molar refractivity (Wildman–Crippen MR) is 68.5 cm³/mol. The summed E-state index contributed by atoms with van der Waals surface area (Å²) < 4.78 is 0. The van der Waals surface area contributed by atoms with Crippen LogP contribution in [0.3, 0.4) is 0 Å². The zero-order valence-electron chi connectivity index (χ0n) is 11.1. The van der Waals surface area contributed by atoms with Gasteiger partial charge in [0.15, 0.2) is 0 Å². The third kappa shape index (κ3) is 5.35. The third-order valence-electron chi connectivity index (χ3n) is 3.23. The molecule has 0 aromatic heterocycles. The fourth-order valence-electron chi connectivity index (χ4n) is 2.19. The van der Waals surface area contributed by atoms with E-state index in [4.69, 9.17) is 5.11 Å². The Morgan fingerprint density at radius 1 is 1.50 bits per heavy atom. The Bertz CT molecular complexity index is 296. The number of carboxylic acid groups (broad SMARTS) is 1. The highest BCUT2D eigenvalue weighted by molar-refractivity contribution is 5.75. The van der Waals surface area contributed by atoms with Crippen LogP contribution in [0.1, 0.15) is 26.7 Å². The van der Waals surface area contributed by atoms with Gasteiger partial charge in [0.2, 0.25) is 0 Å². The van der Waals surface area contributed by atoms with Crippen molar-refractivity contribution in [2.75, 3.05) is 26.2 Å². The molecule has 1 fully saturated rings. The normalized spacial score (nSPS) is 21.6. The number of nitrogens with zero attached hydrogens (tertiary/aromatic N) is 1. The quantitative estimate of drug-likeness (QED) is 0.647. The Kier molecular flexibility index (Phi) is 5.91. The first-order valence-electron chi connectivity index (χ1n) is 6.49. The maximum atomic E-state index is 11.5. The number of carboxylic acids is 1. The van der Waals surface area contributed by atoms with Gasteiger partial charge in [-0.15, -0.1) is 0 Å². The number of rotatable bonds is 6. The molecule has 104 valence electrons. The molecule has 1 aliphatic rings. The summed E-state index contributed by atoms with van der Waals surface area (Å²) in [6, 6.07) is -0.628. The molecule has 0 spiro atoms. The fourth-order valence-corrected chi connectivity index (χ4v) is 2.19. The fraction of sp³-hybridized carbons (Fsp3) is 0.833. The standard InChI is InChI=1S/C12H23N3O3/c1-3-15-5-4-10(8-15)7-13-12(18)14-9(2)6-11(16)17/h9-10H,3-8H2,1-2H3,(H,16,17)(H2,13,14,18). The molecule has 1 saturated heterocycles. The van der Waals surface area contributed by atoms with E-state index in [2.05, 4.69) is 22.5 Å². The summed E-state index contributed by atoms with van der Waals surface area (Å²) in [6.45, 7) is 7.65. The first-order chi connectivity index (χ1) is 8.51. The van der Waals surface area contributed by atoms with Crippen LogP contribution in [0.25, 0.3) is 0 Å². The molecule has 2 amide bonds. The Hall–Kier alpha value is -1.30. The number of aliphatic carboxylic acids is 1. The van der Waals surface area contributed by atoms with Crippen molar-refractivity contribution in [1.29, 1.82) is 0 Å². The average molecular weight is 257 g/mol. The SMILES string of the molecule is CCN1CCC(CNC(=O)NC(C)CC(=O)O)C1. The van der Waals surface area contributed by atoms with E-state index in [1.807, 2.05) is 0 Å². The van der Waals surface area contributed by atoms with E-state index < -0.39 is 5.97 Å². The topological polar surface area (TPSA) is 81.7 Å². The second-order valence-electron chi connectivity index (χ2n) is 4.90. The molecule has 1 heterocycles. The molecule has 0 aromatic carbocycles. The van der Waals surface area contributed by atoms with Crippen molar-refractivity contribution >= 4 is 12.0 Å². The van der Waals surface area contributed by atoms with Crippen LogP contribution >= 0.6 is 0 Å². The molecule has 6 heteroatoms. The lowest BCUT2D eigenvalue weighted by molar-refractivity contribution is -0.137. The molecule has 1 rings (SSSR count). The highest BCUT2D eigenvalue weighted by Gasteiger charge is 2.21. The molecule has 0 bridgehead atoms. The molecule has 2 atom stereocenters. The van der Waals surface area contributed by atoms with Crippen LogP contribution in [-0.2, 0) is 4.79 Å². The lowest BCUT2D eigenvalue weighted by Gasteiger charge is -2.16. The highest BCUT2D eigenvalue weighted by atomic mass is 16.4. The van der Waals surface area contributed by atoms with E-state index in [0.717, 1.165) is 26.1 Å². The molecular weight excluding hydrogens is 234 g/mol. The minimum atomic E-state index is -0.905. The summed E-state index contributed by atoms with van der Waals surface area (Å²) in [5, 5.41) is 14.0. The van der Waals surface area contributed by atoms with Gasteiger partial charge >= 0.3 is 12.0 Å². The van der Waals surface area contributed by atoms with Gasteiger partial charge in [0, 0.05) is 19.1 Å². The van der Waals surface area contributed by atoms with Crippen LogP contribution < -0.4 is 10.6 Å². The maximum absolute atomic E-state index is 11.5. The Balaban J connectivity index is 2.15. The minimum Gasteiger partial charge on any atom is -0.481 e. The van der Waals surface area contributed by atoms with E-state index in [1.165, 1.54) is 0 Å². The van der Waals surface area contributed by atoms with Gasteiger partial charge in [0.1, 0.15) is 0 Å². The highest BCUT2D eigenvalue weighted by Crippen LogP contribution is 2.14. The van der Waals surface area contributed by atoms with Crippen LogP contribution in [0.4, 0.5) is 4.79 Å². The molecule has 6 nitrogen and oxygen atoms in total. The number of likely N-dealkylation sites (tertiary alicyclic amines) is 1. The lowest BCUT2D eigenvalue weighted by atomic mass is 10.1. The van der Waals surface area contributed by atoms with Gasteiger partial charge in [-0.1, -0.05) is 6.92 Å². The molecule has 0 saturated carbocycles. The number of urea groups is 1. The van der Waals surface area contributed by atoms with Crippen molar-refractivity contribution in [2.24, 2.45) is 5.92 Å². The zero-order chi connectivity index (χ0) is 13.5. The van der Waals surface area contributed by atoms with Gasteiger partial charge in [-0.25, -0.2) is 4.79 Å². The largest absolute Gasteiger partial charge is 0.481 e. The predicted octanol–water partition coefficient (Wildman–Crippen LogP) is 0.491. The molecule has 0 aliphatic carbocycles. The average Bonchev–Trinajstić information content (AvgIpc) is 2.72. The second kappa shape index (κ2) is 7.20. The zero-order valence-corrected chi connectivity index (χ0v) is 11.1. The van der Waals surface area contributed by atoms with Crippen molar-refractivity contribution in [1.82, 2.24) is 15.5 Å². The minimum absolute atomic E-state index is 0.0551. The van der Waals surface area contributed by atoms with Gasteiger partial charge in [-0.05, 0) is 32.4 Å². The first kappa shape index (κ1) is 14.8. The van der Waals surface area contributed by atoms with Crippen LogP contribution in [0.2, 0.25) is 0 Å². The van der Waals surface area contributed by atoms with E-state index in [1.54, 1.807) is 6.92 Å². The summed E-state index contributed by atoms with van der Waals surface area (Å²) >= 11 is 0. The number of hydrogen-bond acceptors (Lipinski definition) is 3. The summed E-state index contributed by atoms with van der Waals surface area (Å²) in [6.07, 6.45) is 1.05. The summed E-state index contributed by atoms with van der Waals surface area (Å²) in [7, 11) is 0. The van der Waals surface area contributed by atoms with Crippen LogP contribution in [0, 0.1) is 5.92 Å². The van der Waals surface area contributed by atoms with E-state index in [-0.39, 0.29) is 18.5 Å². The van der Waals surface area contributed by atoms with Crippen molar-refractivity contribution in [3.8, 4) is 0 Å². The van der Waals surface area contributed by atoms with E-state index in [0.29, 0.717) is 12.5 Å². The number of nitrogens with one attached hydrogen (secondary N) is 2. The van der Waals surface area contributed by atoms with Crippen LogP contribution in [0.5, 0.6) is 0 Å². The van der Waals surface area contributed by atoms with Gasteiger partial charge in [0.05, 0.1) is 6.42 Å². The molecule has 18 heavy (non-hydrogen) atoms. The lowest BCUT2D eigenvalue weighted by Crippen LogP contribution is -2.43. The monoisotopic (exact) mass is 257 g/mol. The Morgan fingerprint density at radius 3 is 2.78 bits per heavy atom. The maximum Gasteiger partial charge on any atom is 0.315 e. The molecule has 1 aliphatic heterocycles. The first-order valence-corrected chi connectivity index (χ1v) is 6.49. The molecule has 0 aromatic rings. The Labute approximate surface area is 108 Å². The number of carbonyl (C=O) groups is 2. The van der Waals surface area contributed by atoms with E-state index >= 15 is 0 Å². The molecule has 3 N–H and O–H groups in total. The molecular formula is C12H23N3O3. The van der Waals surface area contributed by atoms with Crippen molar-refractivity contribution in [3.05, 3.63) is 0 Å². The van der Waals surface area contributed by atoms with Gasteiger partial charge in [-0.3, -0.25) is 4.79 Å². The summed E-state index contributed by atoms with van der Waals surface area (Å²) in [5.41, 5.74) is 0. The summed E-state index contributed by atoms with van der Waals surface area (Å²) in [5.74, 6) is -0.400. The van der Waals surface area contributed by atoms with Crippen molar-refractivity contribution < 1.29 is 14.7 Å². The van der Waals surface area contributed by atoms with Gasteiger partial charge in [0.25, 0.3) is 0 Å².